The Morgan fingerprint density at radius 1 is 1.11 bits per heavy atom. The second kappa shape index (κ2) is 7.48. The lowest BCUT2D eigenvalue weighted by atomic mass is 9.81. The van der Waals surface area contributed by atoms with E-state index in [0.29, 0.717) is 19.5 Å². The third kappa shape index (κ3) is 3.80. The lowest BCUT2D eigenvalue weighted by molar-refractivity contribution is -0.144. The molecular formula is C20H28N4O3. The number of piperidine rings is 1. The number of benzene rings is 1. The van der Waals surface area contributed by atoms with Crippen LogP contribution in [-0.4, -0.2) is 60.7 Å². The molecule has 146 valence electrons. The fraction of sp³-hybridized carbons (Fsp3) is 0.600. The van der Waals surface area contributed by atoms with Crippen LogP contribution in [0.25, 0.3) is 0 Å². The average molecular weight is 372 g/mol. The van der Waals surface area contributed by atoms with Gasteiger partial charge in [0.15, 0.2) is 0 Å². The third-order valence-corrected chi connectivity index (χ3v) is 6.35. The Kier molecular flexibility index (Phi) is 5.06. The van der Waals surface area contributed by atoms with Gasteiger partial charge < -0.3 is 15.1 Å². The zero-order valence-corrected chi connectivity index (χ0v) is 15.6. The van der Waals surface area contributed by atoms with Gasteiger partial charge in [-0.2, -0.15) is 0 Å². The van der Waals surface area contributed by atoms with Crippen molar-refractivity contribution >= 4 is 17.5 Å². The Hall–Kier alpha value is -2.12. The molecule has 1 aliphatic carbocycles. The Balaban J connectivity index is 1.43. The number of carbonyl (C=O) groups is 2. The number of amides is 2. The lowest BCUT2D eigenvalue weighted by Gasteiger charge is -2.37. The van der Waals surface area contributed by atoms with Gasteiger partial charge in [-0.15, -0.1) is 0 Å². The van der Waals surface area contributed by atoms with Crippen LogP contribution in [0.1, 0.15) is 25.7 Å². The first-order valence-electron chi connectivity index (χ1n) is 9.88. The molecule has 1 saturated carbocycles. The molecular weight excluding hydrogens is 344 g/mol. The molecule has 2 aliphatic heterocycles. The summed E-state index contributed by atoms with van der Waals surface area (Å²) in [7, 11) is 0. The maximum Gasteiger partial charge on any atom is 0.248 e. The summed E-state index contributed by atoms with van der Waals surface area (Å²) in [6, 6.07) is 9.70. The van der Waals surface area contributed by atoms with Crippen LogP contribution in [0, 0.1) is 11.3 Å². The first-order valence-corrected chi connectivity index (χ1v) is 9.88. The number of hydroxylamine groups is 1. The van der Waals surface area contributed by atoms with Crippen molar-refractivity contribution in [1.82, 2.24) is 15.7 Å². The molecule has 1 aromatic carbocycles. The van der Waals surface area contributed by atoms with Gasteiger partial charge >= 0.3 is 0 Å². The standard InChI is InChI=1S/C20H28N4O3/c25-18(22-27)16-13-20(7-8-20)14-21-17(16)19(26)24-10-4-9-23(11-12-24)15-5-2-1-3-6-15/h1-3,5-6,16-17,21,27H,4,7-14H2,(H,22,25)/t16-,17-/m0/s1. The molecule has 2 atom stereocenters. The molecule has 3 aliphatic rings. The number of rotatable bonds is 3. The van der Waals surface area contributed by atoms with Crippen LogP contribution in [0.15, 0.2) is 30.3 Å². The average Bonchev–Trinajstić information content (AvgIpc) is 3.50. The third-order valence-electron chi connectivity index (χ3n) is 6.35. The summed E-state index contributed by atoms with van der Waals surface area (Å²) in [6.45, 7) is 3.81. The summed E-state index contributed by atoms with van der Waals surface area (Å²) in [5, 5.41) is 12.5. The van der Waals surface area contributed by atoms with E-state index >= 15 is 0 Å². The molecule has 0 unspecified atom stereocenters. The van der Waals surface area contributed by atoms with E-state index in [1.165, 1.54) is 5.69 Å². The van der Waals surface area contributed by atoms with Crippen molar-refractivity contribution in [2.45, 2.75) is 31.7 Å². The zero-order chi connectivity index (χ0) is 18.9. The van der Waals surface area contributed by atoms with Crippen molar-refractivity contribution in [3.63, 3.8) is 0 Å². The fourth-order valence-corrected chi connectivity index (χ4v) is 4.50. The normalized spacial score (nSPS) is 27.1. The van der Waals surface area contributed by atoms with Gasteiger partial charge in [-0.05, 0) is 43.2 Å². The molecule has 4 rings (SSSR count). The number of para-hydroxylation sites is 1. The fourth-order valence-electron chi connectivity index (χ4n) is 4.50. The van der Waals surface area contributed by atoms with Crippen molar-refractivity contribution in [1.29, 1.82) is 0 Å². The Labute approximate surface area is 159 Å². The topological polar surface area (TPSA) is 84.9 Å². The van der Waals surface area contributed by atoms with Crippen LogP contribution in [-0.2, 0) is 9.59 Å². The zero-order valence-electron chi connectivity index (χ0n) is 15.6. The second-order valence-electron chi connectivity index (χ2n) is 8.15. The Morgan fingerprint density at radius 2 is 1.89 bits per heavy atom. The van der Waals surface area contributed by atoms with E-state index in [-0.39, 0.29) is 11.3 Å². The highest BCUT2D eigenvalue weighted by molar-refractivity contribution is 5.90. The van der Waals surface area contributed by atoms with Crippen molar-refractivity contribution in [3.8, 4) is 0 Å². The first kappa shape index (κ1) is 18.3. The number of carbonyl (C=O) groups excluding carboxylic acids is 2. The number of hydrogen-bond donors (Lipinski definition) is 3. The first-order chi connectivity index (χ1) is 13.1. The van der Waals surface area contributed by atoms with Crippen molar-refractivity contribution in [2.75, 3.05) is 37.6 Å². The molecule has 1 aromatic rings. The lowest BCUT2D eigenvalue weighted by Crippen LogP contribution is -2.59. The minimum absolute atomic E-state index is 0.0194. The van der Waals surface area contributed by atoms with E-state index in [1.54, 1.807) is 5.48 Å². The number of nitrogens with one attached hydrogen (secondary N) is 2. The van der Waals surface area contributed by atoms with Gasteiger partial charge in [-0.3, -0.25) is 14.8 Å². The highest BCUT2D eigenvalue weighted by atomic mass is 16.5. The predicted octanol–water partition coefficient (Wildman–Crippen LogP) is 0.989. The van der Waals surface area contributed by atoms with Gasteiger partial charge in [0.1, 0.15) is 0 Å². The number of anilines is 1. The van der Waals surface area contributed by atoms with E-state index in [1.807, 2.05) is 23.1 Å². The summed E-state index contributed by atoms with van der Waals surface area (Å²) in [6.07, 6.45) is 3.75. The molecule has 3 N–H and O–H groups in total. The molecule has 0 bridgehead atoms. The van der Waals surface area contributed by atoms with Gasteiger partial charge in [0, 0.05) is 38.4 Å². The van der Waals surface area contributed by atoms with Crippen LogP contribution >= 0.6 is 0 Å². The molecule has 0 aromatic heterocycles. The van der Waals surface area contributed by atoms with Gasteiger partial charge in [0.05, 0.1) is 12.0 Å². The molecule has 2 amide bonds. The van der Waals surface area contributed by atoms with E-state index in [4.69, 9.17) is 5.21 Å². The van der Waals surface area contributed by atoms with Crippen LogP contribution in [0.4, 0.5) is 5.69 Å². The summed E-state index contributed by atoms with van der Waals surface area (Å²) in [5.41, 5.74) is 3.10. The highest BCUT2D eigenvalue weighted by Gasteiger charge is 2.52. The van der Waals surface area contributed by atoms with E-state index in [2.05, 4.69) is 22.3 Å². The van der Waals surface area contributed by atoms with E-state index < -0.39 is 17.9 Å². The Bertz CT molecular complexity index is 692. The quantitative estimate of drug-likeness (QED) is 0.544. The van der Waals surface area contributed by atoms with Gasteiger partial charge in [0.25, 0.3) is 0 Å². The van der Waals surface area contributed by atoms with E-state index in [9.17, 15) is 9.59 Å². The molecule has 27 heavy (non-hydrogen) atoms. The number of hydrogen-bond acceptors (Lipinski definition) is 5. The molecule has 7 nitrogen and oxygen atoms in total. The van der Waals surface area contributed by atoms with E-state index in [0.717, 1.165) is 38.9 Å². The van der Waals surface area contributed by atoms with Crippen LogP contribution < -0.4 is 15.7 Å². The van der Waals surface area contributed by atoms with Gasteiger partial charge in [-0.1, -0.05) is 18.2 Å². The van der Waals surface area contributed by atoms with Crippen molar-refractivity contribution < 1.29 is 14.8 Å². The second-order valence-corrected chi connectivity index (χ2v) is 8.15. The minimum Gasteiger partial charge on any atom is -0.370 e. The van der Waals surface area contributed by atoms with Crippen molar-refractivity contribution in [2.24, 2.45) is 11.3 Å². The molecule has 2 saturated heterocycles. The van der Waals surface area contributed by atoms with Crippen LogP contribution in [0.5, 0.6) is 0 Å². The Morgan fingerprint density at radius 3 is 2.59 bits per heavy atom. The SMILES string of the molecule is O=C(NO)[C@H]1CC2(CC2)CN[C@@H]1C(=O)N1CCCN(c2ccccc2)CC1. The summed E-state index contributed by atoms with van der Waals surface area (Å²) >= 11 is 0. The van der Waals surface area contributed by atoms with Crippen LogP contribution in [0.2, 0.25) is 0 Å². The molecule has 3 fully saturated rings. The number of nitrogens with zero attached hydrogens (tertiary/aromatic N) is 2. The smallest absolute Gasteiger partial charge is 0.248 e. The minimum atomic E-state index is -0.549. The maximum absolute atomic E-state index is 13.2. The largest absolute Gasteiger partial charge is 0.370 e. The molecule has 7 heteroatoms. The molecule has 0 radical (unpaired) electrons. The van der Waals surface area contributed by atoms with Gasteiger partial charge in [0.2, 0.25) is 11.8 Å². The predicted molar refractivity (Wildman–Crippen MR) is 101 cm³/mol. The maximum atomic E-state index is 13.2. The molecule has 2 heterocycles. The highest BCUT2D eigenvalue weighted by Crippen LogP contribution is 2.52. The summed E-state index contributed by atoms with van der Waals surface area (Å²) in [5.74, 6) is -0.978. The van der Waals surface area contributed by atoms with Crippen LogP contribution in [0.3, 0.4) is 0 Å². The summed E-state index contributed by atoms with van der Waals surface area (Å²) < 4.78 is 0. The van der Waals surface area contributed by atoms with Gasteiger partial charge in [-0.25, -0.2) is 5.48 Å². The monoisotopic (exact) mass is 372 g/mol. The molecule has 1 spiro atoms. The summed E-state index contributed by atoms with van der Waals surface area (Å²) in [4.78, 5) is 29.6. The van der Waals surface area contributed by atoms with Crippen molar-refractivity contribution in [3.05, 3.63) is 30.3 Å².